The van der Waals surface area contributed by atoms with Crippen LogP contribution in [0.3, 0.4) is 0 Å². The zero-order valence-electron chi connectivity index (χ0n) is 11.6. The molecule has 1 aromatic heterocycles. The van der Waals surface area contributed by atoms with Gasteiger partial charge in [0.25, 0.3) is 0 Å². The fourth-order valence-electron chi connectivity index (χ4n) is 2.47. The van der Waals surface area contributed by atoms with E-state index in [4.69, 9.17) is 14.9 Å². The number of allylic oxidation sites excluding steroid dienone is 1. The molecule has 1 unspecified atom stereocenters. The Kier molecular flexibility index (Phi) is 3.18. The van der Waals surface area contributed by atoms with E-state index in [0.29, 0.717) is 11.3 Å². The van der Waals surface area contributed by atoms with Gasteiger partial charge in [-0.1, -0.05) is 12.1 Å². The molecule has 3 rings (SSSR count). The maximum atomic E-state index is 13.5. The summed E-state index contributed by atoms with van der Waals surface area (Å²) in [7, 11) is 0. The number of hydrogen-bond donors (Lipinski definition) is 1. The van der Waals surface area contributed by atoms with Crippen LogP contribution in [0, 0.1) is 24.1 Å². The molecule has 0 aliphatic carbocycles. The average Bonchev–Trinajstić information content (AvgIpc) is 2.47. The van der Waals surface area contributed by atoms with Gasteiger partial charge in [0.2, 0.25) is 17.1 Å². The van der Waals surface area contributed by atoms with Crippen molar-refractivity contribution in [3.63, 3.8) is 0 Å². The lowest BCUT2D eigenvalue weighted by Gasteiger charge is -2.24. The summed E-state index contributed by atoms with van der Waals surface area (Å²) in [5.41, 5.74) is 5.87. The van der Waals surface area contributed by atoms with E-state index in [-0.39, 0.29) is 23.0 Å². The van der Waals surface area contributed by atoms with Crippen molar-refractivity contribution in [3.8, 4) is 11.8 Å². The number of nitriles is 1. The lowest BCUT2D eigenvalue weighted by Crippen LogP contribution is -2.25. The molecule has 0 radical (unpaired) electrons. The topological polar surface area (TPSA) is 89.2 Å². The molecule has 1 aromatic carbocycles. The largest absolute Gasteiger partial charge is 0.461 e. The third-order valence-electron chi connectivity index (χ3n) is 3.38. The van der Waals surface area contributed by atoms with Crippen molar-refractivity contribution in [3.05, 3.63) is 74.9 Å². The number of fused-ring (bicyclic) bond motifs is 1. The van der Waals surface area contributed by atoms with Crippen molar-refractivity contribution in [1.82, 2.24) is 0 Å². The lowest BCUT2D eigenvalue weighted by atomic mass is 9.87. The van der Waals surface area contributed by atoms with Crippen LogP contribution in [0.2, 0.25) is 0 Å². The maximum Gasteiger partial charge on any atom is 0.228 e. The molecule has 0 saturated carbocycles. The Morgan fingerprint density at radius 2 is 2.14 bits per heavy atom. The molecule has 0 fully saturated rings. The zero-order chi connectivity index (χ0) is 15.9. The normalized spacial score (nSPS) is 16.7. The molecule has 5 nitrogen and oxygen atoms in total. The summed E-state index contributed by atoms with van der Waals surface area (Å²) >= 11 is 0. The average molecular weight is 298 g/mol. The number of hydrogen-bond acceptors (Lipinski definition) is 5. The maximum absolute atomic E-state index is 13.5. The second kappa shape index (κ2) is 5.04. The first-order chi connectivity index (χ1) is 10.5. The van der Waals surface area contributed by atoms with Gasteiger partial charge in [-0.3, -0.25) is 4.79 Å². The Balaban J connectivity index is 2.32. The number of aryl methyl sites for hydroxylation is 1. The van der Waals surface area contributed by atoms with Crippen molar-refractivity contribution in [2.45, 2.75) is 12.8 Å². The van der Waals surface area contributed by atoms with Crippen LogP contribution < -0.4 is 15.9 Å². The van der Waals surface area contributed by atoms with Gasteiger partial charge in [0.1, 0.15) is 23.2 Å². The second-order valence-corrected chi connectivity index (χ2v) is 4.89. The SMILES string of the molecule is Cc1cc(=O)c2c(o1)C(c1cccc(F)c1)C(C#N)=C(N)O2. The molecule has 2 aromatic rings. The number of ether oxygens (including phenoxy) is 1. The first kappa shape index (κ1) is 13.9. The molecular formula is C16H11FN2O3. The Morgan fingerprint density at radius 3 is 2.82 bits per heavy atom. The Bertz CT molecular complexity index is 893. The molecular weight excluding hydrogens is 287 g/mol. The first-order valence-electron chi connectivity index (χ1n) is 6.49. The summed E-state index contributed by atoms with van der Waals surface area (Å²) in [5, 5.41) is 9.35. The van der Waals surface area contributed by atoms with Gasteiger partial charge in [0.15, 0.2) is 5.76 Å². The minimum absolute atomic E-state index is 0.0728. The molecule has 1 aliphatic rings. The Labute approximate surface area is 125 Å². The van der Waals surface area contributed by atoms with Gasteiger partial charge < -0.3 is 14.9 Å². The highest BCUT2D eigenvalue weighted by molar-refractivity contribution is 5.51. The van der Waals surface area contributed by atoms with Crippen LogP contribution in [-0.2, 0) is 0 Å². The number of nitrogens with zero attached hydrogens (tertiary/aromatic N) is 1. The predicted molar refractivity (Wildman–Crippen MR) is 75.4 cm³/mol. The molecule has 0 bridgehead atoms. The van der Waals surface area contributed by atoms with Crippen molar-refractivity contribution in [2.24, 2.45) is 5.73 Å². The van der Waals surface area contributed by atoms with Gasteiger partial charge in [0, 0.05) is 6.07 Å². The van der Waals surface area contributed by atoms with Gasteiger partial charge in [-0.15, -0.1) is 0 Å². The van der Waals surface area contributed by atoms with E-state index >= 15 is 0 Å². The summed E-state index contributed by atoms with van der Waals surface area (Å²) in [4.78, 5) is 12.0. The molecule has 1 aliphatic heterocycles. The molecule has 0 amide bonds. The molecule has 110 valence electrons. The fraction of sp³-hybridized carbons (Fsp3) is 0.125. The number of halogens is 1. The lowest BCUT2D eigenvalue weighted by molar-refractivity contribution is 0.337. The molecule has 2 heterocycles. The first-order valence-corrected chi connectivity index (χ1v) is 6.49. The third-order valence-corrected chi connectivity index (χ3v) is 3.38. The van der Waals surface area contributed by atoms with Gasteiger partial charge >= 0.3 is 0 Å². The highest BCUT2D eigenvalue weighted by atomic mass is 19.1. The Morgan fingerprint density at radius 1 is 1.36 bits per heavy atom. The zero-order valence-corrected chi connectivity index (χ0v) is 11.6. The summed E-state index contributed by atoms with van der Waals surface area (Å²) in [6, 6.07) is 8.92. The molecule has 0 spiro atoms. The minimum Gasteiger partial charge on any atom is -0.461 e. The number of rotatable bonds is 1. The third kappa shape index (κ3) is 2.13. The number of benzene rings is 1. The van der Waals surface area contributed by atoms with Crippen molar-refractivity contribution >= 4 is 0 Å². The van der Waals surface area contributed by atoms with Gasteiger partial charge in [-0.25, -0.2) is 4.39 Å². The minimum atomic E-state index is -0.781. The van der Waals surface area contributed by atoms with Crippen LogP contribution in [0.1, 0.15) is 23.0 Å². The molecule has 6 heteroatoms. The van der Waals surface area contributed by atoms with Crippen LogP contribution in [0.25, 0.3) is 0 Å². The van der Waals surface area contributed by atoms with Crippen LogP contribution >= 0.6 is 0 Å². The quantitative estimate of drug-likeness (QED) is 0.872. The highest BCUT2D eigenvalue weighted by Gasteiger charge is 2.34. The standard InChI is InChI=1S/C16H11FN2O3/c1-8-5-12(20)14-15(21-8)13(11(7-18)16(19)22-14)9-3-2-4-10(17)6-9/h2-6,13H,19H2,1H3. The van der Waals surface area contributed by atoms with E-state index in [9.17, 15) is 14.4 Å². The van der Waals surface area contributed by atoms with Gasteiger partial charge in [0.05, 0.1) is 5.92 Å². The van der Waals surface area contributed by atoms with E-state index in [1.807, 2.05) is 6.07 Å². The van der Waals surface area contributed by atoms with Crippen LogP contribution in [0.5, 0.6) is 5.75 Å². The van der Waals surface area contributed by atoms with E-state index in [2.05, 4.69) is 0 Å². The smallest absolute Gasteiger partial charge is 0.228 e. The van der Waals surface area contributed by atoms with E-state index in [0.717, 1.165) is 0 Å². The monoisotopic (exact) mass is 298 g/mol. The van der Waals surface area contributed by atoms with Gasteiger partial charge in [-0.2, -0.15) is 5.26 Å². The molecule has 22 heavy (non-hydrogen) atoms. The van der Waals surface area contributed by atoms with E-state index in [1.54, 1.807) is 13.0 Å². The molecule has 1 atom stereocenters. The van der Waals surface area contributed by atoms with E-state index in [1.165, 1.54) is 24.3 Å². The summed E-state index contributed by atoms with van der Waals surface area (Å²) in [6.07, 6.45) is 0. The fourth-order valence-corrected chi connectivity index (χ4v) is 2.47. The highest BCUT2D eigenvalue weighted by Crippen LogP contribution is 2.40. The van der Waals surface area contributed by atoms with Gasteiger partial charge in [-0.05, 0) is 24.6 Å². The molecule has 0 saturated heterocycles. The van der Waals surface area contributed by atoms with Crippen LogP contribution in [0.15, 0.2) is 51.0 Å². The second-order valence-electron chi connectivity index (χ2n) is 4.89. The van der Waals surface area contributed by atoms with Crippen molar-refractivity contribution in [2.75, 3.05) is 0 Å². The summed E-state index contributed by atoms with van der Waals surface area (Å²) in [5.74, 6) is -0.974. The Hall–Kier alpha value is -3.07. The van der Waals surface area contributed by atoms with Crippen LogP contribution in [0.4, 0.5) is 4.39 Å². The molecule has 2 N–H and O–H groups in total. The summed E-state index contributed by atoms with van der Waals surface area (Å²) < 4.78 is 24.3. The van der Waals surface area contributed by atoms with Crippen LogP contribution in [-0.4, -0.2) is 0 Å². The number of nitrogens with two attached hydrogens (primary N) is 1. The van der Waals surface area contributed by atoms with Crippen molar-refractivity contribution in [1.29, 1.82) is 5.26 Å². The van der Waals surface area contributed by atoms with E-state index < -0.39 is 17.2 Å². The van der Waals surface area contributed by atoms with Crippen molar-refractivity contribution < 1.29 is 13.5 Å². The summed E-state index contributed by atoms with van der Waals surface area (Å²) in [6.45, 7) is 1.61. The predicted octanol–water partition coefficient (Wildman–Crippen LogP) is 2.31.